The Labute approximate surface area is 151 Å². The Morgan fingerprint density at radius 1 is 1.25 bits per heavy atom. The second-order valence-corrected chi connectivity index (χ2v) is 8.38. The van der Waals surface area contributed by atoms with Gasteiger partial charge in [-0.25, -0.2) is 8.42 Å². The number of hydrogen-bond acceptors (Lipinski definition) is 4. The van der Waals surface area contributed by atoms with E-state index in [1.54, 1.807) is 19.9 Å². The first-order valence-corrected chi connectivity index (χ1v) is 10.2. The van der Waals surface area contributed by atoms with E-state index in [0.29, 0.717) is 18.8 Å². The maximum Gasteiger partial charge on any atom is 0.244 e. The van der Waals surface area contributed by atoms with Crippen molar-refractivity contribution in [1.82, 2.24) is 4.31 Å². The molecule has 0 aliphatic rings. The molecule has 2 aromatic rings. The van der Waals surface area contributed by atoms with E-state index in [1.165, 1.54) is 27.8 Å². The van der Waals surface area contributed by atoms with Crippen LogP contribution in [0.2, 0.25) is 5.02 Å². The first-order valence-electron chi connectivity index (χ1n) is 7.50. The minimum atomic E-state index is -3.69. The van der Waals surface area contributed by atoms with E-state index in [2.05, 4.69) is 5.32 Å². The quantitative estimate of drug-likeness (QED) is 0.790. The molecule has 0 unspecified atom stereocenters. The summed E-state index contributed by atoms with van der Waals surface area (Å²) in [7, 11) is -3.69. The molecule has 0 bridgehead atoms. The molecule has 1 aromatic heterocycles. The number of halogens is 1. The highest BCUT2D eigenvalue weighted by Gasteiger charge is 2.24. The molecule has 8 heteroatoms. The highest BCUT2D eigenvalue weighted by atomic mass is 35.5. The molecule has 0 spiro atoms. The molecule has 24 heavy (non-hydrogen) atoms. The number of anilines is 1. The van der Waals surface area contributed by atoms with Crippen LogP contribution >= 0.6 is 22.9 Å². The molecule has 0 saturated heterocycles. The third-order valence-electron chi connectivity index (χ3n) is 3.45. The second kappa shape index (κ2) is 8.11. The van der Waals surface area contributed by atoms with E-state index in [0.717, 1.165) is 4.88 Å². The number of carbonyl (C=O) groups is 1. The smallest absolute Gasteiger partial charge is 0.244 e. The van der Waals surface area contributed by atoms with Gasteiger partial charge in [-0.1, -0.05) is 31.5 Å². The standard InChI is InChI=1S/C16H19ClN2O3S2/c1-3-19(4-2)24(21,22)15-10-12(7-8-14(15)17)18-16(20)11-13-6-5-9-23-13/h5-10H,3-4,11H2,1-2H3,(H,18,20). The molecule has 1 N–H and O–H groups in total. The number of rotatable bonds is 7. The van der Waals surface area contributed by atoms with Crippen molar-refractivity contribution >= 4 is 44.6 Å². The molecule has 2 rings (SSSR count). The number of carbonyl (C=O) groups excluding carboxylic acids is 1. The van der Waals surface area contributed by atoms with Gasteiger partial charge in [-0.15, -0.1) is 11.3 Å². The fourth-order valence-electron chi connectivity index (χ4n) is 2.26. The van der Waals surface area contributed by atoms with E-state index < -0.39 is 10.0 Å². The number of benzene rings is 1. The van der Waals surface area contributed by atoms with Crippen molar-refractivity contribution in [2.24, 2.45) is 0 Å². The van der Waals surface area contributed by atoms with Crippen molar-refractivity contribution in [3.63, 3.8) is 0 Å². The van der Waals surface area contributed by atoms with E-state index in [-0.39, 0.29) is 22.2 Å². The van der Waals surface area contributed by atoms with Gasteiger partial charge in [-0.05, 0) is 29.6 Å². The zero-order valence-electron chi connectivity index (χ0n) is 13.5. The number of hydrogen-bond donors (Lipinski definition) is 1. The van der Waals surface area contributed by atoms with E-state index >= 15 is 0 Å². The molecule has 0 saturated carbocycles. The molecule has 1 heterocycles. The van der Waals surface area contributed by atoms with Crippen molar-refractivity contribution < 1.29 is 13.2 Å². The van der Waals surface area contributed by atoms with Gasteiger partial charge < -0.3 is 5.32 Å². The lowest BCUT2D eigenvalue weighted by molar-refractivity contribution is -0.115. The summed E-state index contributed by atoms with van der Waals surface area (Å²) in [5.74, 6) is -0.203. The van der Waals surface area contributed by atoms with Gasteiger partial charge in [0.05, 0.1) is 11.4 Å². The lowest BCUT2D eigenvalue weighted by Gasteiger charge is -2.19. The number of amides is 1. The van der Waals surface area contributed by atoms with Crippen molar-refractivity contribution in [2.75, 3.05) is 18.4 Å². The van der Waals surface area contributed by atoms with E-state index in [4.69, 9.17) is 11.6 Å². The van der Waals surface area contributed by atoms with Crippen LogP contribution in [-0.2, 0) is 21.2 Å². The fraction of sp³-hybridized carbons (Fsp3) is 0.312. The third-order valence-corrected chi connectivity index (χ3v) is 6.86. The molecule has 0 fully saturated rings. The molecule has 1 aromatic carbocycles. The van der Waals surface area contributed by atoms with Crippen LogP contribution in [0.25, 0.3) is 0 Å². The van der Waals surface area contributed by atoms with Gasteiger partial charge in [-0.2, -0.15) is 4.31 Å². The van der Waals surface area contributed by atoms with Crippen LogP contribution < -0.4 is 5.32 Å². The monoisotopic (exact) mass is 386 g/mol. The van der Waals surface area contributed by atoms with Gasteiger partial charge in [-0.3, -0.25) is 4.79 Å². The highest BCUT2D eigenvalue weighted by Crippen LogP contribution is 2.28. The van der Waals surface area contributed by atoms with Crippen LogP contribution in [0.4, 0.5) is 5.69 Å². The predicted octanol–water partition coefficient (Wildman–Crippen LogP) is 3.61. The van der Waals surface area contributed by atoms with Crippen molar-refractivity contribution in [3.8, 4) is 0 Å². The number of nitrogens with one attached hydrogen (secondary N) is 1. The van der Waals surface area contributed by atoms with E-state index in [9.17, 15) is 13.2 Å². The Morgan fingerprint density at radius 2 is 1.96 bits per heavy atom. The summed E-state index contributed by atoms with van der Waals surface area (Å²) in [4.78, 5) is 13.0. The van der Waals surface area contributed by atoms with Gasteiger partial charge in [0.15, 0.2) is 0 Å². The Balaban J connectivity index is 2.23. The van der Waals surface area contributed by atoms with Gasteiger partial charge in [0.2, 0.25) is 15.9 Å². The normalized spacial score (nSPS) is 11.7. The molecule has 0 atom stereocenters. The molecule has 1 amide bonds. The maximum absolute atomic E-state index is 12.6. The summed E-state index contributed by atoms with van der Waals surface area (Å²) < 4.78 is 26.6. The zero-order chi connectivity index (χ0) is 17.7. The SMILES string of the molecule is CCN(CC)S(=O)(=O)c1cc(NC(=O)Cc2cccs2)ccc1Cl. The van der Waals surface area contributed by atoms with Crippen LogP contribution in [0, 0.1) is 0 Å². The molecular weight excluding hydrogens is 368 g/mol. The lowest BCUT2D eigenvalue weighted by atomic mass is 10.3. The first kappa shape index (κ1) is 18.9. The average Bonchev–Trinajstić information content (AvgIpc) is 3.02. The molecule has 5 nitrogen and oxygen atoms in total. The van der Waals surface area contributed by atoms with Crippen LogP contribution in [0.1, 0.15) is 18.7 Å². The Bertz CT molecular complexity index is 801. The highest BCUT2D eigenvalue weighted by molar-refractivity contribution is 7.89. The average molecular weight is 387 g/mol. The zero-order valence-corrected chi connectivity index (χ0v) is 15.8. The van der Waals surface area contributed by atoms with Crippen LogP contribution in [0.3, 0.4) is 0 Å². The Morgan fingerprint density at radius 3 is 2.54 bits per heavy atom. The fourth-order valence-corrected chi connectivity index (χ4v) is 4.92. The lowest BCUT2D eigenvalue weighted by Crippen LogP contribution is -2.30. The van der Waals surface area contributed by atoms with Crippen LogP contribution in [0.5, 0.6) is 0 Å². The van der Waals surface area contributed by atoms with Crippen LogP contribution in [-0.4, -0.2) is 31.7 Å². The largest absolute Gasteiger partial charge is 0.326 e. The summed E-state index contributed by atoms with van der Waals surface area (Å²) in [5.41, 5.74) is 0.409. The van der Waals surface area contributed by atoms with Gasteiger partial charge >= 0.3 is 0 Å². The molecule has 0 aliphatic carbocycles. The molecular formula is C16H19ClN2O3S2. The first-order chi connectivity index (χ1) is 11.4. The van der Waals surface area contributed by atoms with Crippen molar-refractivity contribution in [1.29, 1.82) is 0 Å². The summed E-state index contributed by atoms with van der Waals surface area (Å²) >= 11 is 7.57. The Hall–Kier alpha value is -1.41. The van der Waals surface area contributed by atoms with Crippen LogP contribution in [0.15, 0.2) is 40.6 Å². The summed E-state index contributed by atoms with van der Waals surface area (Å²) in [6, 6.07) is 8.24. The molecule has 0 aliphatic heterocycles. The van der Waals surface area contributed by atoms with Gasteiger partial charge in [0.25, 0.3) is 0 Å². The summed E-state index contributed by atoms with van der Waals surface area (Å²) in [6.07, 6.45) is 0.248. The molecule has 0 radical (unpaired) electrons. The third kappa shape index (κ3) is 4.36. The minimum absolute atomic E-state index is 0.00166. The number of thiophene rings is 1. The summed E-state index contributed by atoms with van der Waals surface area (Å²) in [6.45, 7) is 4.23. The number of nitrogens with zero attached hydrogens (tertiary/aromatic N) is 1. The second-order valence-electron chi connectivity index (χ2n) is 5.04. The summed E-state index contributed by atoms with van der Waals surface area (Å²) in [5, 5.41) is 4.76. The maximum atomic E-state index is 12.6. The molecule has 130 valence electrons. The Kier molecular flexibility index (Phi) is 6.40. The van der Waals surface area contributed by atoms with Crippen molar-refractivity contribution in [3.05, 3.63) is 45.6 Å². The van der Waals surface area contributed by atoms with E-state index in [1.807, 2.05) is 17.5 Å². The minimum Gasteiger partial charge on any atom is -0.326 e. The van der Waals surface area contributed by atoms with Crippen molar-refractivity contribution in [2.45, 2.75) is 25.2 Å². The van der Waals surface area contributed by atoms with Gasteiger partial charge in [0, 0.05) is 23.7 Å². The van der Waals surface area contributed by atoms with Gasteiger partial charge in [0.1, 0.15) is 4.90 Å². The topological polar surface area (TPSA) is 66.5 Å². The predicted molar refractivity (Wildman–Crippen MR) is 98.2 cm³/mol. The number of sulfonamides is 1.